The number of ether oxygens (including phenoxy) is 2. The van der Waals surface area contributed by atoms with Gasteiger partial charge in [0.1, 0.15) is 24.0 Å². The number of para-hydroxylation sites is 1. The number of aromatic amines is 1. The van der Waals surface area contributed by atoms with Crippen molar-refractivity contribution in [2.75, 3.05) is 13.2 Å². The molecule has 1 aliphatic rings. The zero-order valence-corrected chi connectivity index (χ0v) is 21.5. The SMILES string of the molecule is CCOC(=O)[C@H](C)NP(=O)(OC[C@@]1(N=[N+]=[N-])O[C@@H](n2cnc3c(=O)[nH]cnc32)[C@H](O)[C@@H]1O)Oc1ccccc1. The second kappa shape index (κ2) is 11.5. The van der Waals surface area contributed by atoms with Crippen LogP contribution in [-0.4, -0.2) is 72.9 Å². The molecule has 0 saturated carbocycles. The first-order valence-electron chi connectivity index (χ1n) is 11.6. The van der Waals surface area contributed by atoms with Crippen molar-refractivity contribution in [3.8, 4) is 5.75 Å². The Kier molecular flexibility index (Phi) is 8.32. The second-order valence-electron chi connectivity index (χ2n) is 8.31. The van der Waals surface area contributed by atoms with Crippen LogP contribution in [0.4, 0.5) is 0 Å². The van der Waals surface area contributed by atoms with Gasteiger partial charge in [-0.1, -0.05) is 23.3 Å². The van der Waals surface area contributed by atoms with E-state index in [-0.39, 0.29) is 23.5 Å². The average molecular weight is 564 g/mol. The molecule has 1 aliphatic heterocycles. The summed E-state index contributed by atoms with van der Waals surface area (Å²) in [6.07, 6.45) is -2.84. The molecular formula is C21H25N8O9P. The molecule has 18 heteroatoms. The van der Waals surface area contributed by atoms with Crippen LogP contribution in [0, 0.1) is 0 Å². The fraction of sp³-hybridized carbons (Fsp3) is 0.429. The van der Waals surface area contributed by atoms with Crippen LogP contribution in [0.25, 0.3) is 21.6 Å². The van der Waals surface area contributed by atoms with Gasteiger partial charge in [-0.15, -0.1) is 0 Å². The number of nitrogens with one attached hydrogen (secondary N) is 2. The summed E-state index contributed by atoms with van der Waals surface area (Å²) in [5, 5.41) is 27.7. The van der Waals surface area contributed by atoms with Crippen molar-refractivity contribution >= 4 is 24.9 Å². The lowest BCUT2D eigenvalue weighted by Gasteiger charge is -2.29. The smallest absolute Gasteiger partial charge is 0.459 e. The van der Waals surface area contributed by atoms with E-state index in [1.807, 2.05) is 0 Å². The Hall–Kier alpha value is -3.82. The molecule has 1 unspecified atom stereocenters. The molecule has 3 heterocycles. The van der Waals surface area contributed by atoms with Crippen LogP contribution in [0.2, 0.25) is 0 Å². The normalized spacial score (nSPS) is 25.0. The van der Waals surface area contributed by atoms with E-state index in [4.69, 9.17) is 18.5 Å². The van der Waals surface area contributed by atoms with Crippen LogP contribution in [0.15, 0.2) is 52.9 Å². The van der Waals surface area contributed by atoms with E-state index >= 15 is 0 Å². The highest BCUT2D eigenvalue weighted by atomic mass is 31.2. The Morgan fingerprint density at radius 1 is 1.38 bits per heavy atom. The first-order chi connectivity index (χ1) is 18.6. The van der Waals surface area contributed by atoms with Crippen LogP contribution in [0.3, 0.4) is 0 Å². The number of nitrogens with zero attached hydrogens (tertiary/aromatic N) is 6. The summed E-state index contributed by atoms with van der Waals surface area (Å²) in [6.45, 7) is 2.13. The first kappa shape index (κ1) is 28.2. The number of esters is 1. The van der Waals surface area contributed by atoms with Gasteiger partial charge in [-0.25, -0.2) is 14.5 Å². The number of aliphatic hydroxyl groups is 2. The molecule has 17 nitrogen and oxygen atoms in total. The lowest BCUT2D eigenvalue weighted by atomic mass is 10.1. The van der Waals surface area contributed by atoms with Gasteiger partial charge in [-0.3, -0.25) is 18.7 Å². The van der Waals surface area contributed by atoms with E-state index in [9.17, 15) is 29.9 Å². The third-order valence-corrected chi connectivity index (χ3v) is 7.28. The van der Waals surface area contributed by atoms with E-state index in [0.717, 1.165) is 17.2 Å². The zero-order valence-electron chi connectivity index (χ0n) is 20.6. The van der Waals surface area contributed by atoms with Crippen molar-refractivity contribution in [2.24, 2.45) is 5.11 Å². The van der Waals surface area contributed by atoms with Gasteiger partial charge in [-0.05, 0) is 31.5 Å². The highest BCUT2D eigenvalue weighted by molar-refractivity contribution is 7.52. The lowest BCUT2D eigenvalue weighted by Crippen LogP contribution is -2.45. The van der Waals surface area contributed by atoms with Gasteiger partial charge in [0.05, 0.1) is 25.9 Å². The Labute approximate surface area is 219 Å². The number of imidazole rings is 1. The summed E-state index contributed by atoms with van der Waals surface area (Å²) in [4.78, 5) is 37.2. The van der Waals surface area contributed by atoms with Crippen LogP contribution in [0.5, 0.6) is 5.75 Å². The molecule has 0 amide bonds. The number of carbonyl (C=O) groups is 1. The fourth-order valence-electron chi connectivity index (χ4n) is 3.79. The third-order valence-electron chi connectivity index (χ3n) is 5.66. The number of aliphatic hydroxyl groups excluding tert-OH is 2. The molecule has 3 aromatic rings. The van der Waals surface area contributed by atoms with E-state index < -0.39 is 56.1 Å². The number of aromatic nitrogens is 4. The molecule has 208 valence electrons. The van der Waals surface area contributed by atoms with Gasteiger partial charge in [0.15, 0.2) is 17.4 Å². The third kappa shape index (κ3) is 5.79. The van der Waals surface area contributed by atoms with Crippen LogP contribution in [0.1, 0.15) is 20.1 Å². The Morgan fingerprint density at radius 2 is 2.13 bits per heavy atom. The molecular weight excluding hydrogens is 539 g/mol. The molecule has 1 saturated heterocycles. The van der Waals surface area contributed by atoms with Crippen molar-refractivity contribution in [1.29, 1.82) is 0 Å². The van der Waals surface area contributed by atoms with Gasteiger partial charge < -0.3 is 29.2 Å². The lowest BCUT2D eigenvalue weighted by molar-refractivity contribution is -0.144. The van der Waals surface area contributed by atoms with E-state index in [1.165, 1.54) is 19.1 Å². The van der Waals surface area contributed by atoms with Crippen molar-refractivity contribution in [3.05, 3.63) is 63.8 Å². The Morgan fingerprint density at radius 3 is 2.82 bits per heavy atom. The molecule has 39 heavy (non-hydrogen) atoms. The van der Waals surface area contributed by atoms with E-state index in [2.05, 4.69) is 30.1 Å². The number of rotatable bonds is 11. The highest BCUT2D eigenvalue weighted by Crippen LogP contribution is 2.48. The molecule has 6 atom stereocenters. The Bertz CT molecular complexity index is 1480. The Balaban J connectivity index is 1.63. The van der Waals surface area contributed by atoms with Gasteiger partial charge >= 0.3 is 13.7 Å². The van der Waals surface area contributed by atoms with Gasteiger partial charge in [0, 0.05) is 4.91 Å². The summed E-state index contributed by atoms with van der Waals surface area (Å²) in [7, 11) is -4.45. The summed E-state index contributed by atoms with van der Waals surface area (Å²) in [5.74, 6) is -0.640. The maximum Gasteiger partial charge on any atom is 0.459 e. The van der Waals surface area contributed by atoms with Crippen LogP contribution >= 0.6 is 7.75 Å². The summed E-state index contributed by atoms with van der Waals surface area (Å²) in [5.41, 5.74) is 6.29. The molecule has 1 fully saturated rings. The average Bonchev–Trinajstić information content (AvgIpc) is 3.44. The minimum Gasteiger partial charge on any atom is -0.465 e. The van der Waals surface area contributed by atoms with E-state index in [0.29, 0.717) is 0 Å². The largest absolute Gasteiger partial charge is 0.465 e. The maximum atomic E-state index is 13.8. The number of fused-ring (bicyclic) bond motifs is 1. The molecule has 4 N–H and O–H groups in total. The molecule has 0 radical (unpaired) electrons. The molecule has 2 aromatic heterocycles. The molecule has 0 aliphatic carbocycles. The van der Waals surface area contributed by atoms with Gasteiger partial charge in [0.25, 0.3) is 5.56 Å². The standard InChI is InChI=1S/C21H25N8O9P/c1-3-35-20(33)12(2)26-39(34,38-13-7-5-4-6-8-13)36-9-21(27-28-22)16(31)15(30)19(37-21)29-11-25-14-17(29)23-10-24-18(14)32/h4-8,10-12,15-16,19,30-31H,3,9H2,1-2H3,(H,26,34)(H,23,24,32)/t12-,15+,16-,19+,21+,39?/m0/s1. The number of carbonyl (C=O) groups excluding carboxylic acids is 1. The molecule has 4 rings (SSSR count). The van der Waals surface area contributed by atoms with Crippen LogP contribution in [-0.2, 0) is 23.4 Å². The molecule has 0 bridgehead atoms. The minimum atomic E-state index is -4.45. The molecule has 0 spiro atoms. The zero-order chi connectivity index (χ0) is 28.2. The highest BCUT2D eigenvalue weighted by Gasteiger charge is 2.56. The fourth-order valence-corrected chi connectivity index (χ4v) is 5.31. The number of H-pyrrole nitrogens is 1. The van der Waals surface area contributed by atoms with Crippen LogP contribution < -0.4 is 15.2 Å². The number of hydrogen-bond donors (Lipinski definition) is 4. The van der Waals surface area contributed by atoms with E-state index in [1.54, 1.807) is 25.1 Å². The number of benzene rings is 1. The van der Waals surface area contributed by atoms with Gasteiger partial charge in [0.2, 0.25) is 5.72 Å². The van der Waals surface area contributed by atoms with Crippen molar-refractivity contribution in [3.63, 3.8) is 0 Å². The number of hydrogen-bond acceptors (Lipinski definition) is 12. The van der Waals surface area contributed by atoms with Gasteiger partial charge in [-0.2, -0.15) is 5.09 Å². The quantitative estimate of drug-likeness (QED) is 0.0843. The second-order valence-corrected chi connectivity index (χ2v) is 10.0. The first-order valence-corrected chi connectivity index (χ1v) is 13.1. The maximum absolute atomic E-state index is 13.8. The van der Waals surface area contributed by atoms with Crippen molar-refractivity contribution in [1.82, 2.24) is 24.6 Å². The minimum absolute atomic E-state index is 0.00988. The topological polar surface area (TPSA) is 236 Å². The summed E-state index contributed by atoms with van der Waals surface area (Å²) < 4.78 is 36.7. The predicted octanol–water partition coefficient (Wildman–Crippen LogP) is 1.12. The van der Waals surface area contributed by atoms with Crippen molar-refractivity contribution in [2.45, 2.75) is 44.1 Å². The summed E-state index contributed by atoms with van der Waals surface area (Å²) in [6, 6.07) is 6.70. The monoisotopic (exact) mass is 564 g/mol. The summed E-state index contributed by atoms with van der Waals surface area (Å²) >= 11 is 0. The predicted molar refractivity (Wildman–Crippen MR) is 132 cm³/mol. The van der Waals surface area contributed by atoms with Crippen molar-refractivity contribution < 1.29 is 38.1 Å². The molecule has 1 aromatic carbocycles. The number of azide groups is 1.